The van der Waals surface area contributed by atoms with Crippen LogP contribution in [0.2, 0.25) is 0 Å². The van der Waals surface area contributed by atoms with Gasteiger partial charge < -0.3 is 14.6 Å². The maximum absolute atomic E-state index is 13.0. The van der Waals surface area contributed by atoms with Crippen LogP contribution in [0.4, 0.5) is 0 Å². The molecular weight excluding hydrogens is 352 g/mol. The van der Waals surface area contributed by atoms with Gasteiger partial charge in [-0.2, -0.15) is 0 Å². The summed E-state index contributed by atoms with van der Waals surface area (Å²) in [5, 5.41) is 3.55. The summed E-state index contributed by atoms with van der Waals surface area (Å²) in [6.07, 6.45) is 1.84. The van der Waals surface area contributed by atoms with Crippen LogP contribution >= 0.6 is 0 Å². The molecule has 2 heterocycles. The van der Waals surface area contributed by atoms with E-state index in [4.69, 9.17) is 4.42 Å². The molecule has 0 atom stereocenters. The van der Waals surface area contributed by atoms with Gasteiger partial charge in [0.15, 0.2) is 11.0 Å². The van der Waals surface area contributed by atoms with Crippen LogP contribution in [0.25, 0.3) is 22.3 Å². The molecule has 5 nitrogen and oxygen atoms in total. The highest BCUT2D eigenvalue weighted by molar-refractivity contribution is 6.05. The van der Waals surface area contributed by atoms with Crippen molar-refractivity contribution in [2.75, 3.05) is 20.1 Å². The molecule has 1 aliphatic heterocycles. The summed E-state index contributed by atoms with van der Waals surface area (Å²) >= 11 is 0. The van der Waals surface area contributed by atoms with Crippen LogP contribution in [-0.2, 0) is 0 Å². The van der Waals surface area contributed by atoms with Crippen molar-refractivity contribution in [3.8, 4) is 11.3 Å². The highest BCUT2D eigenvalue weighted by atomic mass is 16.3. The normalized spacial score (nSPS) is 15.6. The van der Waals surface area contributed by atoms with E-state index in [-0.39, 0.29) is 17.4 Å². The predicted molar refractivity (Wildman–Crippen MR) is 111 cm³/mol. The molecule has 1 aliphatic rings. The number of likely N-dealkylation sites (tertiary alicyclic amines) is 1. The van der Waals surface area contributed by atoms with Gasteiger partial charge in [0, 0.05) is 17.2 Å². The Kier molecular flexibility index (Phi) is 5.01. The zero-order chi connectivity index (χ0) is 19.7. The third kappa shape index (κ3) is 3.45. The molecule has 5 heteroatoms. The Morgan fingerprint density at radius 2 is 1.79 bits per heavy atom. The van der Waals surface area contributed by atoms with Crippen molar-refractivity contribution in [1.29, 1.82) is 0 Å². The average Bonchev–Trinajstić information content (AvgIpc) is 2.72. The highest BCUT2D eigenvalue weighted by Gasteiger charge is 2.22. The first kappa shape index (κ1) is 18.4. The number of carbonyl (C=O) groups is 1. The van der Waals surface area contributed by atoms with Crippen molar-refractivity contribution in [1.82, 2.24) is 10.2 Å². The monoisotopic (exact) mass is 376 g/mol. The van der Waals surface area contributed by atoms with Gasteiger partial charge in [0.2, 0.25) is 0 Å². The highest BCUT2D eigenvalue weighted by Crippen LogP contribution is 2.27. The van der Waals surface area contributed by atoms with Crippen molar-refractivity contribution in [3.05, 3.63) is 69.9 Å². The topological polar surface area (TPSA) is 62.6 Å². The number of benzene rings is 2. The van der Waals surface area contributed by atoms with Crippen LogP contribution in [0.3, 0.4) is 0 Å². The minimum absolute atomic E-state index is 0.103. The summed E-state index contributed by atoms with van der Waals surface area (Å²) < 4.78 is 6.15. The van der Waals surface area contributed by atoms with Crippen LogP contribution in [0.15, 0.2) is 57.7 Å². The van der Waals surface area contributed by atoms with E-state index >= 15 is 0 Å². The number of nitrogens with zero attached hydrogens (tertiary/aromatic N) is 1. The fourth-order valence-electron chi connectivity index (χ4n) is 3.77. The SMILES string of the molecule is Cc1c(-c2ccccc2)oc2c(C(=O)NC3CCN(C)CC3)cccc2c1=O. The third-order valence-electron chi connectivity index (χ3n) is 5.48. The van der Waals surface area contributed by atoms with Gasteiger partial charge in [-0.25, -0.2) is 0 Å². The Labute approximate surface area is 164 Å². The molecule has 4 rings (SSSR count). The number of nitrogens with one attached hydrogen (secondary N) is 1. The third-order valence-corrected chi connectivity index (χ3v) is 5.48. The van der Waals surface area contributed by atoms with Crippen molar-refractivity contribution >= 4 is 16.9 Å². The lowest BCUT2D eigenvalue weighted by Crippen LogP contribution is -2.43. The Morgan fingerprint density at radius 1 is 1.07 bits per heavy atom. The van der Waals surface area contributed by atoms with Gasteiger partial charge in [0.1, 0.15) is 5.76 Å². The zero-order valence-electron chi connectivity index (χ0n) is 16.2. The van der Waals surface area contributed by atoms with E-state index in [2.05, 4.69) is 17.3 Å². The number of para-hydroxylation sites is 1. The van der Waals surface area contributed by atoms with Crippen molar-refractivity contribution in [3.63, 3.8) is 0 Å². The molecule has 0 bridgehead atoms. The molecule has 1 N–H and O–H groups in total. The summed E-state index contributed by atoms with van der Waals surface area (Å²) in [5.41, 5.74) is 2.03. The number of hydrogen-bond donors (Lipinski definition) is 1. The number of piperidine rings is 1. The maximum atomic E-state index is 13.0. The molecule has 0 radical (unpaired) electrons. The largest absolute Gasteiger partial charge is 0.455 e. The number of hydrogen-bond acceptors (Lipinski definition) is 4. The van der Waals surface area contributed by atoms with Crippen molar-refractivity contribution < 1.29 is 9.21 Å². The van der Waals surface area contributed by atoms with Gasteiger partial charge in [-0.3, -0.25) is 9.59 Å². The second-order valence-electron chi connectivity index (χ2n) is 7.48. The van der Waals surface area contributed by atoms with Gasteiger partial charge in [-0.05, 0) is 52.0 Å². The molecule has 28 heavy (non-hydrogen) atoms. The molecule has 0 saturated carbocycles. The number of fused-ring (bicyclic) bond motifs is 1. The van der Waals surface area contributed by atoms with Gasteiger partial charge in [-0.15, -0.1) is 0 Å². The van der Waals surface area contributed by atoms with E-state index in [1.54, 1.807) is 25.1 Å². The Hall–Kier alpha value is -2.92. The van der Waals surface area contributed by atoms with Gasteiger partial charge in [-0.1, -0.05) is 36.4 Å². The lowest BCUT2D eigenvalue weighted by molar-refractivity contribution is 0.0917. The lowest BCUT2D eigenvalue weighted by Gasteiger charge is -2.29. The summed E-state index contributed by atoms with van der Waals surface area (Å²) in [5.74, 6) is 0.323. The molecule has 1 fully saturated rings. The van der Waals surface area contributed by atoms with E-state index in [1.165, 1.54) is 0 Å². The van der Waals surface area contributed by atoms with Crippen LogP contribution < -0.4 is 10.7 Å². The number of amides is 1. The summed E-state index contributed by atoms with van der Waals surface area (Å²) in [6.45, 7) is 3.69. The first-order chi connectivity index (χ1) is 13.5. The summed E-state index contributed by atoms with van der Waals surface area (Å²) in [4.78, 5) is 28.2. The van der Waals surface area contributed by atoms with E-state index in [9.17, 15) is 9.59 Å². The molecule has 3 aromatic rings. The smallest absolute Gasteiger partial charge is 0.255 e. The minimum Gasteiger partial charge on any atom is -0.455 e. The van der Waals surface area contributed by atoms with Crippen molar-refractivity contribution in [2.24, 2.45) is 0 Å². The first-order valence-corrected chi connectivity index (χ1v) is 9.66. The second kappa shape index (κ2) is 7.60. The Bertz CT molecular complexity index is 1060. The van der Waals surface area contributed by atoms with E-state index in [0.29, 0.717) is 27.9 Å². The predicted octanol–water partition coefficient (Wildman–Crippen LogP) is 3.59. The molecule has 0 aliphatic carbocycles. The van der Waals surface area contributed by atoms with E-state index < -0.39 is 0 Å². The maximum Gasteiger partial charge on any atom is 0.255 e. The first-order valence-electron chi connectivity index (χ1n) is 9.66. The summed E-state index contributed by atoms with van der Waals surface area (Å²) in [7, 11) is 2.09. The molecule has 1 aromatic heterocycles. The molecule has 2 aromatic carbocycles. The van der Waals surface area contributed by atoms with E-state index in [0.717, 1.165) is 31.5 Å². The summed E-state index contributed by atoms with van der Waals surface area (Å²) in [6, 6.07) is 14.8. The number of carbonyl (C=O) groups excluding carboxylic acids is 1. The molecule has 144 valence electrons. The van der Waals surface area contributed by atoms with E-state index in [1.807, 2.05) is 30.3 Å². The minimum atomic E-state index is -0.189. The lowest BCUT2D eigenvalue weighted by atomic mass is 10.0. The standard InChI is InChI=1S/C23H24N2O3/c1-15-20(26)18-9-6-10-19(23(27)24-17-11-13-25(2)14-12-17)22(18)28-21(15)16-7-4-3-5-8-16/h3-10,17H,11-14H2,1-2H3,(H,24,27). The van der Waals surface area contributed by atoms with Gasteiger partial charge in [0.25, 0.3) is 5.91 Å². The molecule has 1 saturated heterocycles. The van der Waals surface area contributed by atoms with Gasteiger partial charge >= 0.3 is 0 Å². The van der Waals surface area contributed by atoms with Gasteiger partial charge in [0.05, 0.1) is 10.9 Å². The fraction of sp³-hybridized carbons (Fsp3) is 0.304. The fourth-order valence-corrected chi connectivity index (χ4v) is 3.77. The zero-order valence-corrected chi connectivity index (χ0v) is 16.2. The van der Waals surface area contributed by atoms with Crippen molar-refractivity contribution in [2.45, 2.75) is 25.8 Å². The second-order valence-corrected chi connectivity index (χ2v) is 7.48. The average molecular weight is 376 g/mol. The Balaban J connectivity index is 1.76. The molecule has 0 unspecified atom stereocenters. The van der Waals surface area contributed by atoms with Crippen LogP contribution in [0.5, 0.6) is 0 Å². The van der Waals surface area contributed by atoms with Crippen LogP contribution in [0, 0.1) is 6.92 Å². The quantitative estimate of drug-likeness (QED) is 0.759. The molecule has 0 spiro atoms. The van der Waals surface area contributed by atoms with Crippen LogP contribution in [0.1, 0.15) is 28.8 Å². The van der Waals surface area contributed by atoms with Crippen LogP contribution in [-0.4, -0.2) is 37.0 Å². The Morgan fingerprint density at radius 3 is 2.50 bits per heavy atom. The molecular formula is C23H24N2O3. The molecule has 1 amide bonds. The number of rotatable bonds is 3.